The smallest absolute Gasteiger partial charge is 0.133 e. The summed E-state index contributed by atoms with van der Waals surface area (Å²) in [6, 6.07) is 11.3. The molecule has 4 rings (SSSR count). The van der Waals surface area contributed by atoms with Crippen LogP contribution in [0.1, 0.15) is 11.1 Å². The number of nitrogens with zero attached hydrogens (tertiary/aromatic N) is 2. The standard InChI is InChI=1S/C18H14Cl3N3/c1-10-14(20)3-2-4-16(10)24-18-13(7-8-22-18)17(23-24)12-6-5-11(19)9-15(12)21/h2-6,9,22H,7-8H2,1H3. The Bertz CT molecular complexity index is 947. The van der Waals surface area contributed by atoms with Crippen molar-refractivity contribution >= 4 is 40.6 Å². The summed E-state index contributed by atoms with van der Waals surface area (Å²) >= 11 is 18.7. The molecule has 0 radical (unpaired) electrons. The van der Waals surface area contributed by atoms with E-state index in [0.717, 1.165) is 46.3 Å². The zero-order valence-corrected chi connectivity index (χ0v) is 15.2. The number of anilines is 1. The Balaban J connectivity index is 1.94. The third kappa shape index (κ3) is 2.48. The average molecular weight is 379 g/mol. The number of hydrogen-bond donors (Lipinski definition) is 1. The first-order chi connectivity index (χ1) is 11.6. The van der Waals surface area contributed by atoms with Crippen LogP contribution in [-0.2, 0) is 6.42 Å². The maximum Gasteiger partial charge on any atom is 0.133 e. The first kappa shape index (κ1) is 15.8. The second kappa shape index (κ2) is 5.99. The van der Waals surface area contributed by atoms with Gasteiger partial charge in [-0.2, -0.15) is 5.10 Å². The van der Waals surface area contributed by atoms with E-state index in [4.69, 9.17) is 39.9 Å². The van der Waals surface area contributed by atoms with E-state index in [0.29, 0.717) is 10.0 Å². The van der Waals surface area contributed by atoms with Gasteiger partial charge in [-0.25, -0.2) is 4.68 Å². The summed E-state index contributed by atoms with van der Waals surface area (Å²) in [6.45, 7) is 2.88. The third-order valence-corrected chi connectivity index (χ3v) is 5.26. The van der Waals surface area contributed by atoms with E-state index < -0.39 is 0 Å². The van der Waals surface area contributed by atoms with Crippen LogP contribution in [-0.4, -0.2) is 16.3 Å². The van der Waals surface area contributed by atoms with E-state index in [1.54, 1.807) is 6.07 Å². The molecule has 0 unspecified atom stereocenters. The molecule has 122 valence electrons. The van der Waals surface area contributed by atoms with Gasteiger partial charge in [-0.1, -0.05) is 40.9 Å². The van der Waals surface area contributed by atoms with Crippen molar-refractivity contribution in [1.29, 1.82) is 0 Å². The van der Waals surface area contributed by atoms with E-state index >= 15 is 0 Å². The lowest BCUT2D eigenvalue weighted by molar-refractivity contribution is 0.875. The molecule has 1 aliphatic heterocycles. The van der Waals surface area contributed by atoms with Crippen molar-refractivity contribution in [2.45, 2.75) is 13.3 Å². The van der Waals surface area contributed by atoms with E-state index in [1.807, 2.05) is 41.9 Å². The molecule has 24 heavy (non-hydrogen) atoms. The van der Waals surface area contributed by atoms with Gasteiger partial charge in [0.25, 0.3) is 0 Å². The van der Waals surface area contributed by atoms with Gasteiger partial charge in [-0.05, 0) is 49.2 Å². The van der Waals surface area contributed by atoms with Crippen LogP contribution in [0.3, 0.4) is 0 Å². The number of rotatable bonds is 2. The van der Waals surface area contributed by atoms with Crippen LogP contribution < -0.4 is 5.32 Å². The maximum atomic E-state index is 6.40. The van der Waals surface area contributed by atoms with Crippen LogP contribution in [0, 0.1) is 6.92 Å². The van der Waals surface area contributed by atoms with Crippen molar-refractivity contribution in [3.8, 4) is 16.9 Å². The Kier molecular flexibility index (Phi) is 3.95. The van der Waals surface area contributed by atoms with Crippen molar-refractivity contribution < 1.29 is 0 Å². The van der Waals surface area contributed by atoms with Gasteiger partial charge < -0.3 is 5.32 Å². The van der Waals surface area contributed by atoms with Gasteiger partial charge in [-0.15, -0.1) is 0 Å². The first-order valence-corrected chi connectivity index (χ1v) is 8.76. The van der Waals surface area contributed by atoms with Crippen molar-refractivity contribution in [3.63, 3.8) is 0 Å². The topological polar surface area (TPSA) is 29.9 Å². The minimum absolute atomic E-state index is 0.602. The Morgan fingerprint density at radius 2 is 1.92 bits per heavy atom. The number of aromatic nitrogens is 2. The lowest BCUT2D eigenvalue weighted by Crippen LogP contribution is -2.05. The molecule has 0 amide bonds. The van der Waals surface area contributed by atoms with E-state index in [9.17, 15) is 0 Å². The molecular formula is C18H14Cl3N3. The van der Waals surface area contributed by atoms with Crippen molar-refractivity contribution in [3.05, 3.63) is 62.6 Å². The highest BCUT2D eigenvalue weighted by Crippen LogP contribution is 2.39. The van der Waals surface area contributed by atoms with Gasteiger partial charge in [0.2, 0.25) is 0 Å². The molecule has 2 aromatic carbocycles. The summed E-state index contributed by atoms with van der Waals surface area (Å²) < 4.78 is 1.92. The zero-order valence-electron chi connectivity index (χ0n) is 12.9. The molecule has 6 heteroatoms. The summed E-state index contributed by atoms with van der Waals surface area (Å²) in [5.41, 5.74) is 4.89. The van der Waals surface area contributed by atoms with E-state index in [2.05, 4.69) is 5.32 Å². The minimum Gasteiger partial charge on any atom is -0.369 e. The van der Waals surface area contributed by atoms with Crippen molar-refractivity contribution in [1.82, 2.24) is 9.78 Å². The van der Waals surface area contributed by atoms with E-state index in [-0.39, 0.29) is 0 Å². The third-order valence-electron chi connectivity index (χ3n) is 4.30. The summed E-state index contributed by atoms with van der Waals surface area (Å²) in [5.74, 6) is 1.00. The van der Waals surface area contributed by atoms with Crippen molar-refractivity contribution in [2.24, 2.45) is 0 Å². The van der Waals surface area contributed by atoms with Gasteiger partial charge in [0, 0.05) is 27.7 Å². The van der Waals surface area contributed by atoms with Crippen molar-refractivity contribution in [2.75, 3.05) is 11.9 Å². The number of hydrogen-bond acceptors (Lipinski definition) is 2. The van der Waals surface area contributed by atoms with Crippen LogP contribution in [0.15, 0.2) is 36.4 Å². The lowest BCUT2D eigenvalue weighted by atomic mass is 10.1. The molecule has 3 nitrogen and oxygen atoms in total. The highest BCUT2D eigenvalue weighted by atomic mass is 35.5. The molecule has 0 aliphatic carbocycles. The number of benzene rings is 2. The molecule has 1 aromatic heterocycles. The van der Waals surface area contributed by atoms with Gasteiger partial charge in [0.1, 0.15) is 5.82 Å². The summed E-state index contributed by atoms with van der Waals surface area (Å²) in [5, 5.41) is 10.2. The van der Waals surface area contributed by atoms with Crippen LogP contribution in [0.25, 0.3) is 16.9 Å². The fourth-order valence-corrected chi connectivity index (χ4v) is 3.74. The molecule has 0 spiro atoms. The van der Waals surface area contributed by atoms with Gasteiger partial charge >= 0.3 is 0 Å². The fourth-order valence-electron chi connectivity index (χ4n) is 3.07. The largest absolute Gasteiger partial charge is 0.369 e. The Morgan fingerprint density at radius 3 is 2.71 bits per heavy atom. The molecule has 1 aliphatic rings. The summed E-state index contributed by atoms with van der Waals surface area (Å²) in [6.07, 6.45) is 0.906. The molecule has 3 aromatic rings. The molecule has 0 bridgehead atoms. The number of nitrogens with one attached hydrogen (secondary N) is 1. The van der Waals surface area contributed by atoms with Crippen LogP contribution in [0.4, 0.5) is 5.82 Å². The Labute approximate surface area is 155 Å². The van der Waals surface area contributed by atoms with Gasteiger partial charge in [0.05, 0.1) is 16.4 Å². The van der Waals surface area contributed by atoms with Crippen LogP contribution in [0.5, 0.6) is 0 Å². The molecule has 0 saturated carbocycles. The quantitative estimate of drug-likeness (QED) is 0.613. The van der Waals surface area contributed by atoms with Crippen LogP contribution in [0.2, 0.25) is 15.1 Å². The predicted octanol–water partition coefficient (Wildman–Crippen LogP) is 5.78. The summed E-state index contributed by atoms with van der Waals surface area (Å²) in [4.78, 5) is 0. The average Bonchev–Trinajstić information content (AvgIpc) is 3.13. The molecule has 1 N–H and O–H groups in total. The highest BCUT2D eigenvalue weighted by Gasteiger charge is 2.25. The Hall–Kier alpha value is -1.68. The monoisotopic (exact) mass is 377 g/mol. The molecule has 0 saturated heterocycles. The normalized spacial score (nSPS) is 13.0. The minimum atomic E-state index is 0.602. The maximum absolute atomic E-state index is 6.40. The second-order valence-electron chi connectivity index (χ2n) is 5.77. The van der Waals surface area contributed by atoms with Crippen LogP contribution >= 0.6 is 34.8 Å². The first-order valence-electron chi connectivity index (χ1n) is 7.63. The molecular weight excluding hydrogens is 365 g/mol. The molecule has 2 heterocycles. The second-order valence-corrected chi connectivity index (χ2v) is 7.02. The zero-order chi connectivity index (χ0) is 16.8. The SMILES string of the molecule is Cc1c(Cl)cccc1-n1nc(-c2ccc(Cl)cc2Cl)c2c1NCC2. The predicted molar refractivity (Wildman–Crippen MR) is 101 cm³/mol. The molecule has 0 atom stereocenters. The van der Waals surface area contributed by atoms with E-state index in [1.165, 1.54) is 5.56 Å². The Morgan fingerprint density at radius 1 is 1.08 bits per heavy atom. The number of halogens is 3. The van der Waals surface area contributed by atoms with Gasteiger partial charge in [0.15, 0.2) is 0 Å². The number of fused-ring (bicyclic) bond motifs is 1. The van der Waals surface area contributed by atoms with Gasteiger partial charge in [-0.3, -0.25) is 0 Å². The highest BCUT2D eigenvalue weighted by molar-refractivity contribution is 6.36. The summed E-state index contributed by atoms with van der Waals surface area (Å²) in [7, 11) is 0. The lowest BCUT2D eigenvalue weighted by Gasteiger charge is -2.10. The molecule has 0 fully saturated rings. The fraction of sp³-hybridized carbons (Fsp3) is 0.167.